The lowest BCUT2D eigenvalue weighted by Crippen LogP contribution is -2.62. The second-order valence-corrected chi connectivity index (χ2v) is 11.6. The minimum absolute atomic E-state index is 0.167. The van der Waals surface area contributed by atoms with Crippen LogP contribution in [0, 0.1) is 52.3 Å². The maximum atomic E-state index is 11.7. The Morgan fingerprint density at radius 3 is 2.29 bits per heavy atom. The molecule has 3 heteroatoms. The molecule has 0 heterocycles. The highest BCUT2D eigenvalue weighted by Gasteiger charge is 2.64. The molecule has 0 saturated heterocycles. The normalized spacial score (nSPS) is 54.5. The van der Waals surface area contributed by atoms with Crippen molar-refractivity contribution in [2.45, 2.75) is 97.7 Å². The van der Waals surface area contributed by atoms with Gasteiger partial charge < -0.3 is 15.3 Å². The van der Waals surface area contributed by atoms with Gasteiger partial charge in [0.2, 0.25) is 0 Å². The maximum Gasteiger partial charge on any atom is 0.0605 e. The molecule has 4 aliphatic carbocycles. The van der Waals surface area contributed by atoms with Gasteiger partial charge in [-0.1, -0.05) is 34.1 Å². The number of aliphatic hydroxyl groups is 3. The van der Waals surface area contributed by atoms with Crippen LogP contribution >= 0.6 is 0 Å². The summed E-state index contributed by atoms with van der Waals surface area (Å²) in [5.74, 6) is 3.78. The molecule has 0 aliphatic heterocycles. The van der Waals surface area contributed by atoms with Gasteiger partial charge in [0.15, 0.2) is 0 Å². The zero-order valence-corrected chi connectivity index (χ0v) is 18.6. The molecule has 0 aromatic heterocycles. The molecule has 4 fully saturated rings. The highest BCUT2D eigenvalue weighted by molar-refractivity contribution is 5.13. The summed E-state index contributed by atoms with van der Waals surface area (Å²) in [7, 11) is 0. The molecule has 4 saturated carbocycles. The van der Waals surface area contributed by atoms with Gasteiger partial charge in [0.25, 0.3) is 0 Å². The van der Waals surface area contributed by atoms with E-state index in [4.69, 9.17) is 0 Å². The van der Waals surface area contributed by atoms with Gasteiger partial charge in [-0.15, -0.1) is 0 Å². The van der Waals surface area contributed by atoms with Crippen molar-refractivity contribution in [3.05, 3.63) is 0 Å². The molecule has 4 unspecified atom stereocenters. The zero-order chi connectivity index (χ0) is 20.3. The summed E-state index contributed by atoms with van der Waals surface area (Å²) < 4.78 is 0. The van der Waals surface area contributed by atoms with Crippen LogP contribution in [0.15, 0.2) is 0 Å². The first-order valence-corrected chi connectivity index (χ1v) is 12.2. The van der Waals surface area contributed by atoms with Gasteiger partial charge in [-0.25, -0.2) is 0 Å². The maximum absolute atomic E-state index is 11.7. The van der Waals surface area contributed by atoms with Crippen molar-refractivity contribution in [1.82, 2.24) is 0 Å². The lowest BCUT2D eigenvalue weighted by Gasteiger charge is -2.64. The van der Waals surface area contributed by atoms with Crippen molar-refractivity contribution >= 4 is 0 Å². The molecule has 0 aromatic rings. The van der Waals surface area contributed by atoms with Crippen LogP contribution in [0.3, 0.4) is 0 Å². The first-order valence-electron chi connectivity index (χ1n) is 12.2. The Morgan fingerprint density at radius 2 is 1.61 bits per heavy atom. The molecule has 162 valence electrons. The number of aliphatic hydroxyl groups excluding tert-OH is 3. The Balaban J connectivity index is 1.67. The minimum Gasteiger partial charge on any atom is -0.396 e. The fraction of sp³-hybridized carbons (Fsp3) is 1.00. The van der Waals surface area contributed by atoms with Crippen molar-refractivity contribution in [1.29, 1.82) is 0 Å². The van der Waals surface area contributed by atoms with E-state index in [0.717, 1.165) is 32.1 Å². The lowest BCUT2D eigenvalue weighted by molar-refractivity contribution is -0.203. The Morgan fingerprint density at radius 1 is 0.929 bits per heavy atom. The van der Waals surface area contributed by atoms with Crippen molar-refractivity contribution in [2.24, 2.45) is 52.3 Å². The van der Waals surface area contributed by atoms with E-state index in [0.29, 0.717) is 58.9 Å². The Bertz CT molecular complexity index is 564. The van der Waals surface area contributed by atoms with Crippen molar-refractivity contribution in [2.75, 3.05) is 6.61 Å². The van der Waals surface area contributed by atoms with Crippen LogP contribution in [0.2, 0.25) is 0 Å². The van der Waals surface area contributed by atoms with E-state index in [1.807, 2.05) is 0 Å². The quantitative estimate of drug-likeness (QED) is 0.653. The zero-order valence-electron chi connectivity index (χ0n) is 18.6. The third-order valence-electron chi connectivity index (χ3n) is 10.7. The summed E-state index contributed by atoms with van der Waals surface area (Å²) in [5.41, 5.74) is 0.617. The summed E-state index contributed by atoms with van der Waals surface area (Å²) >= 11 is 0. The van der Waals surface area contributed by atoms with Crippen LogP contribution in [-0.2, 0) is 0 Å². The molecule has 28 heavy (non-hydrogen) atoms. The summed E-state index contributed by atoms with van der Waals surface area (Å²) in [6, 6.07) is 0. The van der Waals surface area contributed by atoms with Crippen LogP contribution in [0.4, 0.5) is 0 Å². The minimum atomic E-state index is -0.199. The number of rotatable bonds is 4. The summed E-state index contributed by atoms with van der Waals surface area (Å²) in [6.07, 6.45) is 9.62. The second-order valence-electron chi connectivity index (χ2n) is 11.6. The van der Waals surface area contributed by atoms with Crippen LogP contribution in [0.1, 0.15) is 85.5 Å². The smallest absolute Gasteiger partial charge is 0.0605 e. The Kier molecular flexibility index (Phi) is 5.69. The molecule has 0 spiro atoms. The average Bonchev–Trinajstić information content (AvgIpc) is 3.01. The molecule has 3 nitrogen and oxygen atoms in total. The van der Waals surface area contributed by atoms with Gasteiger partial charge >= 0.3 is 0 Å². The van der Waals surface area contributed by atoms with Crippen LogP contribution in [0.5, 0.6) is 0 Å². The van der Waals surface area contributed by atoms with Crippen molar-refractivity contribution in [3.8, 4) is 0 Å². The van der Waals surface area contributed by atoms with Crippen molar-refractivity contribution < 1.29 is 15.3 Å². The van der Waals surface area contributed by atoms with Gasteiger partial charge in [-0.2, -0.15) is 0 Å². The van der Waals surface area contributed by atoms with E-state index in [-0.39, 0.29) is 12.2 Å². The van der Waals surface area contributed by atoms with Gasteiger partial charge in [0, 0.05) is 6.61 Å². The van der Waals surface area contributed by atoms with E-state index >= 15 is 0 Å². The van der Waals surface area contributed by atoms with Gasteiger partial charge in [-0.05, 0) is 104 Å². The van der Waals surface area contributed by atoms with Gasteiger partial charge in [-0.3, -0.25) is 0 Å². The molecule has 0 radical (unpaired) electrons. The van der Waals surface area contributed by atoms with E-state index < -0.39 is 0 Å². The monoisotopic (exact) mass is 392 g/mol. The third kappa shape index (κ3) is 2.94. The standard InChI is InChI=1S/C25H44O3/c1-5-17-21-14-16(27)8-11-25(21,4)20-9-12-24(3)18(15(2)10-13-26)6-7-19(24)22(20)23(17)28/h15-23,26-28H,5-14H2,1-4H3/t15?,16?,17?,18-,19+,20+,21+,22+,23?,24-,25-/m1/s1. The second kappa shape index (κ2) is 7.54. The van der Waals surface area contributed by atoms with E-state index in [1.165, 1.54) is 25.7 Å². The van der Waals surface area contributed by atoms with E-state index in [1.54, 1.807) is 0 Å². The van der Waals surface area contributed by atoms with Crippen molar-refractivity contribution in [3.63, 3.8) is 0 Å². The fourth-order valence-electron chi connectivity index (χ4n) is 9.34. The largest absolute Gasteiger partial charge is 0.396 e. The van der Waals surface area contributed by atoms with Gasteiger partial charge in [0.1, 0.15) is 0 Å². The Hall–Kier alpha value is -0.120. The predicted molar refractivity (Wildman–Crippen MR) is 113 cm³/mol. The topological polar surface area (TPSA) is 60.7 Å². The van der Waals surface area contributed by atoms with Crippen LogP contribution in [0.25, 0.3) is 0 Å². The Labute approximate surface area is 172 Å². The number of hydrogen-bond donors (Lipinski definition) is 3. The van der Waals surface area contributed by atoms with Crippen LogP contribution in [-0.4, -0.2) is 34.1 Å². The van der Waals surface area contributed by atoms with Crippen LogP contribution < -0.4 is 0 Å². The number of hydrogen-bond acceptors (Lipinski definition) is 3. The molecule has 4 aliphatic rings. The molecule has 11 atom stereocenters. The van der Waals surface area contributed by atoms with E-state index in [2.05, 4.69) is 27.7 Å². The van der Waals surface area contributed by atoms with E-state index in [9.17, 15) is 15.3 Å². The first-order chi connectivity index (χ1) is 13.3. The summed E-state index contributed by atoms with van der Waals surface area (Å²) in [4.78, 5) is 0. The first kappa shape index (κ1) is 21.1. The molecule has 0 bridgehead atoms. The molecule has 4 rings (SSSR count). The fourth-order valence-corrected chi connectivity index (χ4v) is 9.34. The molecular weight excluding hydrogens is 348 g/mol. The lowest BCUT2D eigenvalue weighted by atomic mass is 9.41. The molecular formula is C25H44O3. The SMILES string of the molecule is CCC1C(O)[C@@H]2[C@H](CC[C@]3(C)[C@@H](C(C)CCO)CC[C@@H]23)[C@@]2(C)CCC(O)C[C@@H]12. The van der Waals surface area contributed by atoms with Gasteiger partial charge in [0.05, 0.1) is 12.2 Å². The summed E-state index contributed by atoms with van der Waals surface area (Å²) in [5, 5.41) is 31.6. The highest BCUT2D eigenvalue weighted by Crippen LogP contribution is 2.69. The predicted octanol–water partition coefficient (Wildman–Crippen LogP) is 4.63. The molecule has 0 aromatic carbocycles. The number of fused-ring (bicyclic) bond motifs is 5. The third-order valence-corrected chi connectivity index (χ3v) is 10.7. The highest BCUT2D eigenvalue weighted by atomic mass is 16.3. The molecule has 3 N–H and O–H groups in total. The summed E-state index contributed by atoms with van der Waals surface area (Å²) in [6.45, 7) is 9.92. The average molecular weight is 393 g/mol. The molecule has 0 amide bonds.